The van der Waals surface area contributed by atoms with E-state index in [1.807, 2.05) is 12.1 Å². The molecule has 0 spiro atoms. The van der Waals surface area contributed by atoms with E-state index in [1.54, 1.807) is 19.1 Å². The van der Waals surface area contributed by atoms with Gasteiger partial charge >= 0.3 is 5.97 Å². The highest BCUT2D eigenvalue weighted by molar-refractivity contribution is 5.73. The van der Waals surface area contributed by atoms with Gasteiger partial charge < -0.3 is 9.47 Å². The van der Waals surface area contributed by atoms with Gasteiger partial charge in [-0.05, 0) is 58.7 Å². The van der Waals surface area contributed by atoms with Crippen molar-refractivity contribution < 1.29 is 14.3 Å². The van der Waals surface area contributed by atoms with Gasteiger partial charge in [-0.2, -0.15) is 0 Å². The first-order valence-corrected chi connectivity index (χ1v) is 8.64. The van der Waals surface area contributed by atoms with Crippen molar-refractivity contribution in [1.29, 1.82) is 0 Å². The summed E-state index contributed by atoms with van der Waals surface area (Å²) in [7, 11) is 0. The fourth-order valence-corrected chi connectivity index (χ4v) is 2.08. The second-order valence-electron chi connectivity index (χ2n) is 6.03. The van der Waals surface area contributed by atoms with E-state index in [1.165, 1.54) is 11.1 Å². The summed E-state index contributed by atoms with van der Waals surface area (Å²) < 4.78 is 11.1. The molecule has 3 heteroatoms. The Morgan fingerprint density at radius 1 is 1.08 bits per heavy atom. The summed E-state index contributed by atoms with van der Waals surface area (Å²) in [6.45, 7) is 8.52. The van der Waals surface area contributed by atoms with Gasteiger partial charge in [-0.15, -0.1) is 11.8 Å². The van der Waals surface area contributed by atoms with E-state index in [-0.39, 0.29) is 12.4 Å². The minimum atomic E-state index is -0.299. The summed E-state index contributed by atoms with van der Waals surface area (Å²) in [5, 5.41) is 0. The number of hydrogen-bond acceptors (Lipinski definition) is 3. The maximum Gasteiger partial charge on any atom is 0.312 e. The van der Waals surface area contributed by atoms with Crippen molar-refractivity contribution in [3.8, 4) is 23.3 Å². The van der Waals surface area contributed by atoms with Crippen LogP contribution in [0.4, 0.5) is 0 Å². The number of esters is 1. The first-order valence-electron chi connectivity index (χ1n) is 8.64. The molecular weight excluding hydrogens is 312 g/mol. The Labute approximate surface area is 151 Å². The van der Waals surface area contributed by atoms with Crippen LogP contribution in [0.15, 0.2) is 47.6 Å². The molecule has 1 aromatic rings. The van der Waals surface area contributed by atoms with Crippen LogP contribution in [0.5, 0.6) is 11.5 Å². The van der Waals surface area contributed by atoms with Crippen LogP contribution in [0.1, 0.15) is 53.4 Å². The molecular formula is C22H28O3. The Balaban J connectivity index is 2.54. The molecule has 134 valence electrons. The maximum atomic E-state index is 11.8. The molecule has 25 heavy (non-hydrogen) atoms. The van der Waals surface area contributed by atoms with Gasteiger partial charge in [0, 0.05) is 6.42 Å². The lowest BCUT2D eigenvalue weighted by Crippen LogP contribution is -2.08. The minimum Gasteiger partial charge on any atom is -0.486 e. The van der Waals surface area contributed by atoms with Crippen LogP contribution in [-0.4, -0.2) is 12.6 Å². The SMILES string of the molecule is CC#CCCC(=O)Oc1ccccc1OC/C=C(\C)CCC=C(C)C. The number of para-hydroxylation sites is 2. The Bertz CT molecular complexity index is 668. The normalized spacial score (nSPS) is 10.5. The fraction of sp³-hybridized carbons (Fsp3) is 0.409. The number of benzene rings is 1. The predicted octanol–water partition coefficient (Wildman–Crippen LogP) is 5.47. The molecule has 0 saturated heterocycles. The molecule has 1 aromatic carbocycles. The van der Waals surface area contributed by atoms with Gasteiger partial charge in [0.1, 0.15) is 6.61 Å². The zero-order valence-electron chi connectivity index (χ0n) is 15.7. The average molecular weight is 340 g/mol. The Morgan fingerprint density at radius 2 is 1.80 bits per heavy atom. The van der Waals surface area contributed by atoms with Gasteiger partial charge in [0.25, 0.3) is 0 Å². The molecule has 0 fully saturated rings. The van der Waals surface area contributed by atoms with Crippen LogP contribution in [0.25, 0.3) is 0 Å². The zero-order chi connectivity index (χ0) is 18.5. The standard InChI is InChI=1S/C22H28O3/c1-5-6-7-15-22(23)25-21-14-9-8-13-20(21)24-17-16-19(4)12-10-11-18(2)3/h8-9,11,13-14,16H,7,10,12,15,17H2,1-4H3/b19-16+. The molecule has 0 aliphatic rings. The number of carbonyl (C=O) groups excluding carboxylic acids is 1. The van der Waals surface area contributed by atoms with Crippen LogP contribution in [0, 0.1) is 11.8 Å². The largest absolute Gasteiger partial charge is 0.486 e. The highest BCUT2D eigenvalue weighted by atomic mass is 16.6. The minimum absolute atomic E-state index is 0.276. The second-order valence-corrected chi connectivity index (χ2v) is 6.03. The van der Waals surface area contributed by atoms with E-state index in [0.717, 1.165) is 12.8 Å². The molecule has 0 atom stereocenters. The molecule has 3 nitrogen and oxygen atoms in total. The highest BCUT2D eigenvalue weighted by Crippen LogP contribution is 2.27. The van der Waals surface area contributed by atoms with E-state index < -0.39 is 0 Å². The third kappa shape index (κ3) is 9.42. The summed E-state index contributed by atoms with van der Waals surface area (Å²) in [5.74, 6) is 6.35. The lowest BCUT2D eigenvalue weighted by Gasteiger charge is -2.10. The van der Waals surface area contributed by atoms with Crippen molar-refractivity contribution >= 4 is 5.97 Å². The van der Waals surface area contributed by atoms with Crippen LogP contribution >= 0.6 is 0 Å². The quantitative estimate of drug-likeness (QED) is 0.259. The van der Waals surface area contributed by atoms with Crippen LogP contribution in [0.2, 0.25) is 0 Å². The van der Waals surface area contributed by atoms with Gasteiger partial charge in [-0.25, -0.2) is 0 Å². The Kier molecular flexibility index (Phi) is 9.85. The number of allylic oxidation sites excluding steroid dienone is 3. The summed E-state index contributed by atoms with van der Waals surface area (Å²) in [6, 6.07) is 7.23. The van der Waals surface area contributed by atoms with E-state index >= 15 is 0 Å². The predicted molar refractivity (Wildman–Crippen MR) is 103 cm³/mol. The second kappa shape index (κ2) is 12.0. The molecule has 0 aromatic heterocycles. The monoisotopic (exact) mass is 340 g/mol. The summed E-state index contributed by atoms with van der Waals surface area (Å²) in [4.78, 5) is 11.8. The van der Waals surface area contributed by atoms with Gasteiger partial charge in [-0.1, -0.05) is 29.4 Å². The van der Waals surface area contributed by atoms with Gasteiger partial charge in [0.2, 0.25) is 0 Å². The summed E-state index contributed by atoms with van der Waals surface area (Å²) >= 11 is 0. The lowest BCUT2D eigenvalue weighted by atomic mass is 10.1. The Hall–Kier alpha value is -2.47. The van der Waals surface area contributed by atoms with Crippen molar-refractivity contribution in [2.75, 3.05) is 6.61 Å². The van der Waals surface area contributed by atoms with Crippen LogP contribution in [0.3, 0.4) is 0 Å². The fourth-order valence-electron chi connectivity index (χ4n) is 2.08. The highest BCUT2D eigenvalue weighted by Gasteiger charge is 2.09. The van der Waals surface area contributed by atoms with E-state index in [2.05, 4.69) is 44.8 Å². The van der Waals surface area contributed by atoms with Gasteiger partial charge in [0.15, 0.2) is 11.5 Å². The molecule has 0 amide bonds. The average Bonchev–Trinajstić information content (AvgIpc) is 2.56. The lowest BCUT2D eigenvalue weighted by molar-refractivity contribution is -0.134. The number of carbonyl (C=O) groups is 1. The van der Waals surface area contributed by atoms with E-state index in [9.17, 15) is 4.79 Å². The van der Waals surface area contributed by atoms with E-state index in [0.29, 0.717) is 24.5 Å². The summed E-state index contributed by atoms with van der Waals surface area (Å²) in [5.41, 5.74) is 2.62. The number of ether oxygens (including phenoxy) is 2. The van der Waals surface area contributed by atoms with Crippen LogP contribution in [-0.2, 0) is 4.79 Å². The number of rotatable bonds is 9. The molecule has 0 N–H and O–H groups in total. The molecule has 0 aliphatic carbocycles. The van der Waals surface area contributed by atoms with Gasteiger partial charge in [-0.3, -0.25) is 4.79 Å². The third-order valence-corrected chi connectivity index (χ3v) is 3.47. The van der Waals surface area contributed by atoms with Crippen LogP contribution < -0.4 is 9.47 Å². The smallest absolute Gasteiger partial charge is 0.312 e. The van der Waals surface area contributed by atoms with Gasteiger partial charge in [0.05, 0.1) is 6.42 Å². The molecule has 0 saturated carbocycles. The Morgan fingerprint density at radius 3 is 2.48 bits per heavy atom. The van der Waals surface area contributed by atoms with Crippen molar-refractivity contribution in [2.24, 2.45) is 0 Å². The summed E-state index contributed by atoms with van der Waals surface area (Å²) in [6.07, 6.45) is 7.14. The van der Waals surface area contributed by atoms with Crippen molar-refractivity contribution in [2.45, 2.75) is 53.4 Å². The molecule has 0 radical (unpaired) electrons. The zero-order valence-corrected chi connectivity index (χ0v) is 15.7. The van der Waals surface area contributed by atoms with Crippen molar-refractivity contribution in [3.05, 3.63) is 47.6 Å². The first-order chi connectivity index (χ1) is 12.0. The van der Waals surface area contributed by atoms with Crippen molar-refractivity contribution in [3.63, 3.8) is 0 Å². The molecule has 0 bridgehead atoms. The number of hydrogen-bond donors (Lipinski definition) is 0. The van der Waals surface area contributed by atoms with Crippen molar-refractivity contribution in [1.82, 2.24) is 0 Å². The molecule has 0 unspecified atom stereocenters. The topological polar surface area (TPSA) is 35.5 Å². The third-order valence-electron chi connectivity index (χ3n) is 3.47. The van der Waals surface area contributed by atoms with E-state index in [4.69, 9.17) is 9.47 Å². The molecule has 0 aliphatic heterocycles. The molecule has 0 heterocycles. The first kappa shape index (κ1) is 20.6. The molecule has 1 rings (SSSR count). The maximum absolute atomic E-state index is 11.8.